The van der Waals surface area contributed by atoms with E-state index >= 15 is 0 Å². The van der Waals surface area contributed by atoms with E-state index < -0.39 is 0 Å². The van der Waals surface area contributed by atoms with Gasteiger partial charge in [0, 0.05) is 12.1 Å². The van der Waals surface area contributed by atoms with Crippen molar-refractivity contribution in [2.45, 2.75) is 32.8 Å². The van der Waals surface area contributed by atoms with Crippen LogP contribution in [0.15, 0.2) is 30.3 Å². The van der Waals surface area contributed by atoms with Crippen LogP contribution in [0.3, 0.4) is 0 Å². The topological polar surface area (TPSA) is 35.0 Å². The lowest BCUT2D eigenvalue weighted by atomic mass is 10.1. The van der Waals surface area contributed by atoms with Gasteiger partial charge in [0.15, 0.2) is 11.9 Å². The van der Waals surface area contributed by atoms with E-state index in [4.69, 9.17) is 16.3 Å². The number of rotatable bonds is 3. The molecule has 4 heteroatoms. The monoisotopic (exact) mass is 288 g/mol. The van der Waals surface area contributed by atoms with Crippen LogP contribution in [0.2, 0.25) is 5.15 Å². The minimum absolute atomic E-state index is 0.128. The highest BCUT2D eigenvalue weighted by Crippen LogP contribution is 2.35. The molecule has 0 bridgehead atoms. The fourth-order valence-electron chi connectivity index (χ4n) is 2.48. The third-order valence-electron chi connectivity index (χ3n) is 3.32. The first-order valence-corrected chi connectivity index (χ1v) is 7.27. The van der Waals surface area contributed by atoms with Gasteiger partial charge in [-0.05, 0) is 30.0 Å². The largest absolute Gasteiger partial charge is 0.482 e. The van der Waals surface area contributed by atoms with Gasteiger partial charge >= 0.3 is 0 Å². The zero-order valence-electron chi connectivity index (χ0n) is 11.6. The lowest BCUT2D eigenvalue weighted by molar-refractivity contribution is 0.227. The van der Waals surface area contributed by atoms with Crippen LogP contribution in [0.25, 0.3) is 0 Å². The van der Waals surface area contributed by atoms with Gasteiger partial charge in [-0.1, -0.05) is 43.6 Å². The molecule has 1 unspecified atom stereocenters. The van der Waals surface area contributed by atoms with E-state index in [0.29, 0.717) is 16.9 Å². The molecular formula is C16H17ClN2O. The van der Waals surface area contributed by atoms with Gasteiger partial charge < -0.3 is 4.74 Å². The maximum atomic E-state index is 6.12. The van der Waals surface area contributed by atoms with Gasteiger partial charge in [-0.15, -0.1) is 0 Å². The normalized spacial score (nSPS) is 17.1. The minimum Gasteiger partial charge on any atom is -0.482 e. The summed E-state index contributed by atoms with van der Waals surface area (Å²) in [5, 5.41) is 0.491. The van der Waals surface area contributed by atoms with E-state index in [1.807, 2.05) is 24.3 Å². The molecule has 3 rings (SSSR count). The molecule has 0 aliphatic carbocycles. The summed E-state index contributed by atoms with van der Waals surface area (Å²) in [7, 11) is 0. The van der Waals surface area contributed by atoms with Crippen LogP contribution in [0, 0.1) is 5.92 Å². The first-order valence-electron chi connectivity index (χ1n) is 6.89. The summed E-state index contributed by atoms with van der Waals surface area (Å²) >= 11 is 6.12. The number of hydrogen-bond acceptors (Lipinski definition) is 3. The van der Waals surface area contributed by atoms with Crippen molar-refractivity contribution in [2.75, 3.05) is 0 Å². The Labute approximate surface area is 124 Å². The molecule has 2 aromatic rings. The second-order valence-electron chi connectivity index (χ2n) is 5.56. The molecule has 20 heavy (non-hydrogen) atoms. The van der Waals surface area contributed by atoms with Gasteiger partial charge in [-0.2, -0.15) is 0 Å². The molecule has 3 nitrogen and oxygen atoms in total. The van der Waals surface area contributed by atoms with Crippen molar-refractivity contribution < 1.29 is 4.74 Å². The Kier molecular flexibility index (Phi) is 3.62. The van der Waals surface area contributed by atoms with Crippen LogP contribution in [0.1, 0.15) is 37.0 Å². The quantitative estimate of drug-likeness (QED) is 0.801. The van der Waals surface area contributed by atoms with E-state index in [1.165, 1.54) is 5.56 Å². The zero-order valence-corrected chi connectivity index (χ0v) is 12.4. The van der Waals surface area contributed by atoms with Crippen molar-refractivity contribution in [3.8, 4) is 5.75 Å². The molecule has 0 amide bonds. The molecule has 1 aliphatic rings. The molecule has 104 valence electrons. The summed E-state index contributed by atoms with van der Waals surface area (Å²) < 4.78 is 5.92. The third kappa shape index (κ3) is 2.78. The Hall–Kier alpha value is -1.61. The van der Waals surface area contributed by atoms with E-state index in [2.05, 4.69) is 29.9 Å². The number of ether oxygens (including phenoxy) is 1. The summed E-state index contributed by atoms with van der Waals surface area (Å²) in [6.45, 7) is 4.33. The van der Waals surface area contributed by atoms with Gasteiger partial charge in [0.05, 0.1) is 0 Å². The van der Waals surface area contributed by atoms with Gasteiger partial charge in [0.25, 0.3) is 0 Å². The van der Waals surface area contributed by atoms with Crippen LogP contribution >= 0.6 is 11.6 Å². The predicted molar refractivity (Wildman–Crippen MR) is 79.1 cm³/mol. The smallest absolute Gasteiger partial charge is 0.171 e. The second-order valence-corrected chi connectivity index (χ2v) is 5.94. The Bertz CT molecular complexity index is 603. The average molecular weight is 289 g/mol. The molecule has 1 aliphatic heterocycles. The highest BCUT2D eigenvalue weighted by atomic mass is 35.5. The predicted octanol–water partition coefficient (Wildman–Crippen LogP) is 4.00. The first-order chi connectivity index (χ1) is 9.61. The van der Waals surface area contributed by atoms with Crippen molar-refractivity contribution in [1.82, 2.24) is 9.97 Å². The Morgan fingerprint density at radius 3 is 2.85 bits per heavy atom. The minimum atomic E-state index is -0.128. The lowest BCUT2D eigenvalue weighted by Crippen LogP contribution is -2.11. The van der Waals surface area contributed by atoms with Crippen molar-refractivity contribution >= 4 is 11.6 Å². The number of nitrogens with zero attached hydrogens (tertiary/aromatic N) is 2. The molecule has 0 saturated carbocycles. The summed E-state index contributed by atoms with van der Waals surface area (Å²) in [5.74, 6) is 2.14. The van der Waals surface area contributed by atoms with E-state index in [-0.39, 0.29) is 6.10 Å². The molecule has 0 saturated heterocycles. The van der Waals surface area contributed by atoms with E-state index in [0.717, 1.165) is 24.3 Å². The Morgan fingerprint density at radius 2 is 2.10 bits per heavy atom. The molecule has 1 aromatic carbocycles. The number of halogens is 1. The van der Waals surface area contributed by atoms with Crippen LogP contribution in [-0.4, -0.2) is 9.97 Å². The summed E-state index contributed by atoms with van der Waals surface area (Å²) in [6, 6.07) is 9.90. The first kappa shape index (κ1) is 13.4. The molecular weight excluding hydrogens is 272 g/mol. The Balaban J connectivity index is 1.87. The van der Waals surface area contributed by atoms with Gasteiger partial charge in [0.2, 0.25) is 0 Å². The molecule has 2 heterocycles. The molecule has 1 atom stereocenters. The molecule has 0 radical (unpaired) electrons. The molecule has 0 N–H and O–H groups in total. The number of aromatic nitrogens is 2. The van der Waals surface area contributed by atoms with Gasteiger partial charge in [-0.25, -0.2) is 9.97 Å². The van der Waals surface area contributed by atoms with Crippen molar-refractivity contribution in [3.05, 3.63) is 52.6 Å². The van der Waals surface area contributed by atoms with E-state index in [1.54, 1.807) is 0 Å². The fraction of sp³-hybridized carbons (Fsp3) is 0.375. The van der Waals surface area contributed by atoms with Crippen molar-refractivity contribution in [2.24, 2.45) is 5.92 Å². The highest BCUT2D eigenvalue weighted by Gasteiger charge is 2.26. The van der Waals surface area contributed by atoms with Crippen molar-refractivity contribution in [1.29, 1.82) is 0 Å². The maximum absolute atomic E-state index is 6.12. The van der Waals surface area contributed by atoms with Crippen molar-refractivity contribution in [3.63, 3.8) is 0 Å². The summed E-state index contributed by atoms with van der Waals surface area (Å²) in [5.41, 5.74) is 2.18. The number of para-hydroxylation sites is 1. The van der Waals surface area contributed by atoms with E-state index in [9.17, 15) is 0 Å². The number of hydrogen-bond donors (Lipinski definition) is 0. The second kappa shape index (κ2) is 5.41. The molecule has 0 fully saturated rings. The maximum Gasteiger partial charge on any atom is 0.171 e. The number of benzene rings is 1. The average Bonchev–Trinajstić information content (AvgIpc) is 2.80. The third-order valence-corrected chi connectivity index (χ3v) is 3.51. The molecule has 1 aromatic heterocycles. The van der Waals surface area contributed by atoms with Gasteiger partial charge in [-0.3, -0.25) is 0 Å². The highest BCUT2D eigenvalue weighted by molar-refractivity contribution is 6.29. The van der Waals surface area contributed by atoms with Crippen LogP contribution in [0.5, 0.6) is 5.75 Å². The Morgan fingerprint density at radius 1 is 1.30 bits per heavy atom. The lowest BCUT2D eigenvalue weighted by Gasteiger charge is -2.12. The van der Waals surface area contributed by atoms with Crippen LogP contribution < -0.4 is 4.74 Å². The van der Waals surface area contributed by atoms with Crippen LogP contribution in [0.4, 0.5) is 0 Å². The SMILES string of the molecule is CC(C)Cc1cc(Cl)nc(C2Cc3ccccc3O2)n1. The number of fused-ring (bicyclic) bond motifs is 1. The van der Waals surface area contributed by atoms with Gasteiger partial charge in [0.1, 0.15) is 10.9 Å². The zero-order chi connectivity index (χ0) is 14.1. The van der Waals surface area contributed by atoms with Crippen LogP contribution in [-0.2, 0) is 12.8 Å². The molecule has 0 spiro atoms. The standard InChI is InChI=1S/C16H17ClN2O/c1-10(2)7-12-9-15(17)19-16(18-12)14-8-11-5-3-4-6-13(11)20-14/h3-6,9-10,14H,7-8H2,1-2H3. The summed E-state index contributed by atoms with van der Waals surface area (Å²) in [6.07, 6.45) is 1.57. The fourth-order valence-corrected chi connectivity index (χ4v) is 2.69. The summed E-state index contributed by atoms with van der Waals surface area (Å²) in [4.78, 5) is 8.95.